The van der Waals surface area contributed by atoms with Gasteiger partial charge in [-0.25, -0.2) is 9.29 Å². The van der Waals surface area contributed by atoms with Crippen molar-refractivity contribution in [3.05, 3.63) is 52.5 Å². The topological polar surface area (TPSA) is 74.3 Å². The number of carbonyl (C=O) groups is 3. The molecule has 0 spiro atoms. The molecule has 2 aromatic rings. The van der Waals surface area contributed by atoms with E-state index >= 15 is 0 Å². The van der Waals surface area contributed by atoms with Gasteiger partial charge in [0.1, 0.15) is 5.82 Å². The van der Waals surface area contributed by atoms with Gasteiger partial charge in [-0.05, 0) is 35.7 Å². The quantitative estimate of drug-likeness (QED) is 0.786. The van der Waals surface area contributed by atoms with Crippen molar-refractivity contribution < 1.29 is 24.1 Å². The van der Waals surface area contributed by atoms with Crippen LogP contribution in [0.4, 0.5) is 10.1 Å². The zero-order chi connectivity index (χ0) is 19.7. The van der Waals surface area contributed by atoms with Crippen molar-refractivity contribution in [1.29, 1.82) is 0 Å². The molecule has 0 saturated carbocycles. The van der Waals surface area contributed by atoms with Gasteiger partial charge in [0, 0.05) is 25.9 Å². The van der Waals surface area contributed by atoms with E-state index in [4.69, 9.17) is 0 Å². The van der Waals surface area contributed by atoms with Crippen molar-refractivity contribution in [2.45, 2.75) is 31.3 Å². The summed E-state index contributed by atoms with van der Waals surface area (Å²) in [5.74, 6) is -0.866. The van der Waals surface area contributed by atoms with Gasteiger partial charge in [-0.15, -0.1) is 11.3 Å². The van der Waals surface area contributed by atoms with Crippen molar-refractivity contribution in [2.24, 2.45) is 0 Å². The minimum atomic E-state index is -0.456. The van der Waals surface area contributed by atoms with Gasteiger partial charge >= 0.3 is 0 Å². The van der Waals surface area contributed by atoms with Crippen molar-refractivity contribution in [3.63, 3.8) is 0 Å². The molecule has 2 aliphatic rings. The van der Waals surface area contributed by atoms with Crippen LogP contribution in [0.15, 0.2) is 41.8 Å². The minimum Gasteiger partial charge on any atom is -0.337 e. The number of hydrogen-bond donors (Lipinski definition) is 1. The number of imide groups is 1. The summed E-state index contributed by atoms with van der Waals surface area (Å²) in [5.41, 5.74) is 0.406. The Labute approximate surface area is 165 Å². The average molecular weight is 402 g/mol. The molecule has 146 valence electrons. The molecular formula is C20H21FN3O3S+. The number of amides is 3. The zero-order valence-electron chi connectivity index (χ0n) is 15.2. The summed E-state index contributed by atoms with van der Waals surface area (Å²) < 4.78 is 13.1. The molecule has 6 nitrogen and oxygen atoms in total. The van der Waals surface area contributed by atoms with Crippen LogP contribution < -0.4 is 10.2 Å². The van der Waals surface area contributed by atoms with E-state index in [1.165, 1.54) is 35.6 Å². The first-order chi connectivity index (χ1) is 13.5. The molecule has 2 aliphatic heterocycles. The Balaban J connectivity index is 1.34. The number of nitrogens with two attached hydrogens (primary N) is 1. The Morgan fingerprint density at radius 1 is 1.11 bits per heavy atom. The molecule has 28 heavy (non-hydrogen) atoms. The Kier molecular flexibility index (Phi) is 5.23. The number of hydrogen-bond acceptors (Lipinski definition) is 4. The first-order valence-electron chi connectivity index (χ1n) is 9.33. The van der Waals surface area contributed by atoms with E-state index in [1.54, 1.807) is 0 Å². The van der Waals surface area contributed by atoms with Crippen molar-refractivity contribution in [2.75, 3.05) is 18.0 Å². The largest absolute Gasteiger partial charge is 0.337 e. The van der Waals surface area contributed by atoms with Crippen LogP contribution in [-0.4, -0.2) is 47.8 Å². The van der Waals surface area contributed by atoms with Crippen LogP contribution in [0.3, 0.4) is 0 Å². The van der Waals surface area contributed by atoms with Crippen LogP contribution in [-0.2, 0) is 9.59 Å². The van der Waals surface area contributed by atoms with Gasteiger partial charge in [0.05, 0.1) is 23.0 Å². The highest BCUT2D eigenvalue weighted by atomic mass is 32.1. The second-order valence-electron chi connectivity index (χ2n) is 7.15. The lowest BCUT2D eigenvalue weighted by Gasteiger charge is -2.31. The monoisotopic (exact) mass is 402 g/mol. The van der Waals surface area contributed by atoms with Crippen LogP contribution in [0.25, 0.3) is 0 Å². The Hall–Kier alpha value is -2.58. The van der Waals surface area contributed by atoms with E-state index in [9.17, 15) is 18.8 Å². The highest BCUT2D eigenvalue weighted by Crippen LogP contribution is 2.22. The third-order valence-corrected chi connectivity index (χ3v) is 6.19. The molecule has 1 aromatic carbocycles. The molecular weight excluding hydrogens is 381 g/mol. The lowest BCUT2D eigenvalue weighted by atomic mass is 10.0. The highest BCUT2D eigenvalue weighted by molar-refractivity contribution is 7.12. The molecule has 2 N–H and O–H groups in total. The van der Waals surface area contributed by atoms with Crippen molar-refractivity contribution in [3.8, 4) is 0 Å². The third-order valence-electron chi connectivity index (χ3n) is 5.33. The van der Waals surface area contributed by atoms with Crippen LogP contribution in [0.5, 0.6) is 0 Å². The zero-order valence-corrected chi connectivity index (χ0v) is 16.0. The maximum absolute atomic E-state index is 13.1. The number of piperidine rings is 1. The van der Waals surface area contributed by atoms with E-state index in [0.29, 0.717) is 18.8 Å². The number of nitrogens with zero attached hydrogens (tertiary/aromatic N) is 2. The molecule has 4 rings (SSSR count). The predicted molar refractivity (Wildman–Crippen MR) is 102 cm³/mol. The summed E-state index contributed by atoms with van der Waals surface area (Å²) in [6.07, 6.45) is 1.71. The minimum absolute atomic E-state index is 0.0584. The number of benzene rings is 1. The standard InChI is InChI=1S/C20H20FN3O3S/c21-13-3-5-15(6-4-13)24-18(25)12-16(19(24)26)22-14-7-9-23(10-8-14)20(27)17-2-1-11-28-17/h1-6,11,14,16,22H,7-10,12H2/p+1/t16-/m0/s1. The number of carbonyl (C=O) groups excluding carboxylic acids is 3. The van der Waals surface area contributed by atoms with Crippen LogP contribution in [0, 0.1) is 5.82 Å². The summed E-state index contributed by atoms with van der Waals surface area (Å²) in [4.78, 5) is 41.2. The number of thiophene rings is 1. The van der Waals surface area contributed by atoms with Gasteiger partial charge < -0.3 is 10.2 Å². The number of rotatable bonds is 4. The van der Waals surface area contributed by atoms with Gasteiger partial charge in [-0.2, -0.15) is 0 Å². The van der Waals surface area contributed by atoms with Gasteiger partial charge in [0.25, 0.3) is 11.8 Å². The summed E-state index contributed by atoms with van der Waals surface area (Å²) in [6, 6.07) is 8.82. The van der Waals surface area contributed by atoms with E-state index in [2.05, 4.69) is 0 Å². The Morgan fingerprint density at radius 2 is 1.82 bits per heavy atom. The highest BCUT2D eigenvalue weighted by Gasteiger charge is 2.43. The van der Waals surface area contributed by atoms with Crippen LogP contribution in [0.1, 0.15) is 28.9 Å². The fraction of sp³-hybridized carbons (Fsp3) is 0.350. The first kappa shape index (κ1) is 18.8. The smallest absolute Gasteiger partial charge is 0.292 e. The van der Waals surface area contributed by atoms with Crippen molar-refractivity contribution >= 4 is 34.7 Å². The lowest BCUT2D eigenvalue weighted by Crippen LogP contribution is -2.97. The molecule has 1 atom stereocenters. The number of quaternary nitrogens is 1. The summed E-state index contributed by atoms with van der Waals surface area (Å²) in [7, 11) is 0. The molecule has 3 heterocycles. The summed E-state index contributed by atoms with van der Waals surface area (Å²) >= 11 is 1.44. The molecule has 2 fully saturated rings. The Bertz CT molecular complexity index is 877. The third kappa shape index (κ3) is 3.70. The Morgan fingerprint density at radius 3 is 2.46 bits per heavy atom. The SMILES string of the molecule is O=C(c1cccs1)N1CCC([NH2+][C@H]2CC(=O)N(c3ccc(F)cc3)C2=O)CC1. The molecule has 0 aliphatic carbocycles. The van der Waals surface area contributed by atoms with Gasteiger partial charge in [0.15, 0.2) is 6.04 Å². The summed E-state index contributed by atoms with van der Waals surface area (Å²) in [6.45, 7) is 1.29. The molecule has 0 bridgehead atoms. The molecule has 1 aromatic heterocycles. The molecule has 2 saturated heterocycles. The van der Waals surface area contributed by atoms with Gasteiger partial charge in [-0.1, -0.05) is 6.07 Å². The summed E-state index contributed by atoms with van der Waals surface area (Å²) in [5, 5.41) is 3.86. The fourth-order valence-corrected chi connectivity index (χ4v) is 4.54. The maximum atomic E-state index is 13.1. The number of halogens is 1. The lowest BCUT2D eigenvalue weighted by molar-refractivity contribution is -0.709. The van der Waals surface area contributed by atoms with Gasteiger partial charge in [0.2, 0.25) is 5.91 Å². The fourth-order valence-electron chi connectivity index (χ4n) is 3.85. The van der Waals surface area contributed by atoms with E-state index < -0.39 is 11.9 Å². The normalized spacial score (nSPS) is 20.8. The van der Waals surface area contributed by atoms with E-state index in [-0.39, 0.29) is 30.2 Å². The second-order valence-corrected chi connectivity index (χ2v) is 8.10. The average Bonchev–Trinajstić information content (AvgIpc) is 3.32. The van der Waals surface area contributed by atoms with Crippen molar-refractivity contribution in [1.82, 2.24) is 4.90 Å². The number of anilines is 1. The first-order valence-corrected chi connectivity index (χ1v) is 10.2. The second kappa shape index (κ2) is 7.81. The molecule has 3 amide bonds. The molecule has 0 unspecified atom stereocenters. The van der Waals surface area contributed by atoms with E-state index in [1.807, 2.05) is 27.7 Å². The van der Waals surface area contributed by atoms with Crippen LogP contribution in [0.2, 0.25) is 0 Å². The molecule has 8 heteroatoms. The number of likely N-dealkylation sites (tertiary alicyclic amines) is 1. The van der Waals surface area contributed by atoms with Gasteiger partial charge in [-0.3, -0.25) is 14.4 Å². The molecule has 0 radical (unpaired) electrons. The van der Waals surface area contributed by atoms with E-state index in [0.717, 1.165) is 22.6 Å². The maximum Gasteiger partial charge on any atom is 0.292 e. The predicted octanol–water partition coefficient (Wildman–Crippen LogP) is 1.39. The van der Waals surface area contributed by atoms with Crippen LogP contribution >= 0.6 is 11.3 Å².